The predicted octanol–water partition coefficient (Wildman–Crippen LogP) is 5.41. The summed E-state index contributed by atoms with van der Waals surface area (Å²) in [6, 6.07) is 16.7. The number of anilines is 2. The summed E-state index contributed by atoms with van der Waals surface area (Å²) in [5.74, 6) is -1.00. The van der Waals surface area contributed by atoms with E-state index >= 15 is 0 Å². The lowest BCUT2D eigenvalue weighted by Crippen LogP contribution is -2.14. The molecule has 7 nitrogen and oxygen atoms in total. The number of hydrogen-bond acceptors (Lipinski definition) is 4. The minimum Gasteiger partial charge on any atom is -0.322 e. The van der Waals surface area contributed by atoms with Gasteiger partial charge >= 0.3 is 0 Å². The fourth-order valence-electron chi connectivity index (χ4n) is 2.48. The Hall–Kier alpha value is -3.42. The number of carbonyl (C=O) groups is 2. The second kappa shape index (κ2) is 8.72. The predicted molar refractivity (Wildman–Crippen MR) is 112 cm³/mol. The highest BCUT2D eigenvalue weighted by Gasteiger charge is 2.17. The van der Waals surface area contributed by atoms with Crippen LogP contribution in [0.5, 0.6) is 0 Å². The third-order valence-corrected chi connectivity index (χ3v) is 4.57. The van der Waals surface area contributed by atoms with Crippen molar-refractivity contribution in [1.29, 1.82) is 0 Å². The SMILES string of the molecule is O=C(Nc1cc(NC(=O)c2cc([N+](=O)[O-])ccc2Cl)ccc1Cl)c1ccccc1. The van der Waals surface area contributed by atoms with Crippen LogP contribution in [-0.4, -0.2) is 16.7 Å². The summed E-state index contributed by atoms with van der Waals surface area (Å²) in [4.78, 5) is 35.1. The van der Waals surface area contributed by atoms with E-state index in [0.29, 0.717) is 16.9 Å². The third-order valence-electron chi connectivity index (χ3n) is 3.91. The largest absolute Gasteiger partial charge is 0.322 e. The van der Waals surface area contributed by atoms with E-state index in [1.165, 1.54) is 30.3 Å². The molecule has 0 aromatic heterocycles. The first kappa shape index (κ1) is 20.3. The van der Waals surface area contributed by atoms with Gasteiger partial charge in [-0.15, -0.1) is 0 Å². The standard InChI is InChI=1S/C20H13Cl2N3O4/c21-16-9-7-14(25(28)29)11-15(16)20(27)23-13-6-8-17(22)18(10-13)24-19(26)12-4-2-1-3-5-12/h1-11H,(H,23,27)(H,24,26). The fraction of sp³-hybridized carbons (Fsp3) is 0. The topological polar surface area (TPSA) is 101 Å². The van der Waals surface area contributed by atoms with E-state index in [9.17, 15) is 19.7 Å². The number of benzene rings is 3. The average molecular weight is 430 g/mol. The van der Waals surface area contributed by atoms with Crippen LogP contribution < -0.4 is 10.6 Å². The van der Waals surface area contributed by atoms with Gasteiger partial charge in [-0.05, 0) is 36.4 Å². The number of non-ortho nitro benzene ring substituents is 1. The molecule has 3 aromatic rings. The van der Waals surface area contributed by atoms with Crippen LogP contribution in [0.2, 0.25) is 10.0 Å². The van der Waals surface area contributed by atoms with E-state index in [0.717, 1.165) is 6.07 Å². The van der Waals surface area contributed by atoms with Crippen molar-refractivity contribution >= 4 is 52.1 Å². The maximum Gasteiger partial charge on any atom is 0.270 e. The van der Waals surface area contributed by atoms with Crippen LogP contribution in [0.15, 0.2) is 66.7 Å². The number of halogens is 2. The van der Waals surface area contributed by atoms with E-state index in [2.05, 4.69) is 10.6 Å². The number of nitrogens with zero attached hydrogens (tertiary/aromatic N) is 1. The van der Waals surface area contributed by atoms with Crippen molar-refractivity contribution in [3.8, 4) is 0 Å². The smallest absolute Gasteiger partial charge is 0.270 e. The first-order valence-electron chi connectivity index (χ1n) is 8.26. The minimum absolute atomic E-state index is 0.0503. The highest BCUT2D eigenvalue weighted by atomic mass is 35.5. The number of hydrogen-bond donors (Lipinski definition) is 2. The van der Waals surface area contributed by atoms with Gasteiger partial charge in [0.2, 0.25) is 0 Å². The second-order valence-electron chi connectivity index (χ2n) is 5.89. The molecule has 0 spiro atoms. The zero-order valence-electron chi connectivity index (χ0n) is 14.7. The quantitative estimate of drug-likeness (QED) is 0.418. The Labute approximate surface area is 175 Å². The van der Waals surface area contributed by atoms with Crippen LogP contribution in [0.4, 0.5) is 17.1 Å². The molecular formula is C20H13Cl2N3O4. The van der Waals surface area contributed by atoms with Crippen molar-refractivity contribution in [1.82, 2.24) is 0 Å². The summed E-state index contributed by atoms with van der Waals surface area (Å²) < 4.78 is 0. The average Bonchev–Trinajstić information content (AvgIpc) is 2.71. The van der Waals surface area contributed by atoms with E-state index in [4.69, 9.17) is 23.2 Å². The first-order valence-corrected chi connectivity index (χ1v) is 9.02. The maximum atomic E-state index is 12.5. The van der Waals surface area contributed by atoms with Gasteiger partial charge in [0.1, 0.15) is 0 Å². The van der Waals surface area contributed by atoms with Crippen molar-refractivity contribution in [2.24, 2.45) is 0 Å². The van der Waals surface area contributed by atoms with Gasteiger partial charge in [-0.1, -0.05) is 41.4 Å². The Morgan fingerprint density at radius 2 is 1.52 bits per heavy atom. The Kier molecular flexibility index (Phi) is 6.11. The van der Waals surface area contributed by atoms with Crippen LogP contribution in [-0.2, 0) is 0 Å². The van der Waals surface area contributed by atoms with E-state index in [-0.39, 0.29) is 27.2 Å². The second-order valence-corrected chi connectivity index (χ2v) is 6.70. The molecule has 0 saturated carbocycles. The van der Waals surface area contributed by atoms with Crippen LogP contribution in [0.25, 0.3) is 0 Å². The molecule has 3 rings (SSSR count). The lowest BCUT2D eigenvalue weighted by Gasteiger charge is -2.11. The molecule has 0 atom stereocenters. The molecule has 0 radical (unpaired) electrons. The summed E-state index contributed by atoms with van der Waals surface area (Å²) in [6.07, 6.45) is 0. The van der Waals surface area contributed by atoms with E-state index in [1.807, 2.05) is 0 Å². The number of amides is 2. The summed E-state index contributed by atoms with van der Waals surface area (Å²) in [7, 11) is 0. The van der Waals surface area contributed by atoms with Gasteiger partial charge in [0.15, 0.2) is 0 Å². The minimum atomic E-state index is -0.638. The molecule has 146 valence electrons. The van der Waals surface area contributed by atoms with Gasteiger partial charge in [0.25, 0.3) is 17.5 Å². The summed E-state index contributed by atoms with van der Waals surface area (Å²) in [5.41, 5.74) is 0.757. The van der Waals surface area contributed by atoms with Gasteiger partial charge in [-0.3, -0.25) is 19.7 Å². The first-order chi connectivity index (χ1) is 13.8. The summed E-state index contributed by atoms with van der Waals surface area (Å²) >= 11 is 12.1. The Balaban J connectivity index is 1.81. The van der Waals surface area contributed by atoms with Crippen LogP contribution in [0.1, 0.15) is 20.7 Å². The molecule has 9 heteroatoms. The highest BCUT2D eigenvalue weighted by molar-refractivity contribution is 6.35. The fourth-order valence-corrected chi connectivity index (χ4v) is 2.85. The Bertz CT molecular complexity index is 1100. The summed E-state index contributed by atoms with van der Waals surface area (Å²) in [5, 5.41) is 16.5. The molecule has 0 heterocycles. The molecule has 2 N–H and O–H groups in total. The molecule has 0 aliphatic heterocycles. The molecule has 0 saturated heterocycles. The monoisotopic (exact) mass is 429 g/mol. The van der Waals surface area contributed by atoms with Crippen LogP contribution in [0.3, 0.4) is 0 Å². The third kappa shape index (κ3) is 4.90. The molecule has 0 bridgehead atoms. The molecule has 0 aliphatic carbocycles. The lowest BCUT2D eigenvalue weighted by molar-refractivity contribution is -0.384. The Morgan fingerprint density at radius 3 is 2.21 bits per heavy atom. The Morgan fingerprint density at radius 1 is 0.828 bits per heavy atom. The van der Waals surface area contributed by atoms with Crippen LogP contribution >= 0.6 is 23.2 Å². The number of nitro benzene ring substituents is 1. The molecule has 29 heavy (non-hydrogen) atoms. The molecule has 0 fully saturated rings. The maximum absolute atomic E-state index is 12.5. The number of rotatable bonds is 5. The van der Waals surface area contributed by atoms with Gasteiger partial charge < -0.3 is 10.6 Å². The molecular weight excluding hydrogens is 417 g/mol. The van der Waals surface area contributed by atoms with Gasteiger partial charge in [-0.2, -0.15) is 0 Å². The molecule has 3 aromatic carbocycles. The van der Waals surface area contributed by atoms with Gasteiger partial charge in [-0.25, -0.2) is 0 Å². The van der Waals surface area contributed by atoms with E-state index in [1.54, 1.807) is 30.3 Å². The number of nitrogens with one attached hydrogen (secondary N) is 2. The molecule has 0 unspecified atom stereocenters. The highest BCUT2D eigenvalue weighted by Crippen LogP contribution is 2.28. The zero-order chi connectivity index (χ0) is 21.0. The normalized spacial score (nSPS) is 10.3. The van der Waals surface area contributed by atoms with Crippen molar-refractivity contribution in [3.63, 3.8) is 0 Å². The number of nitro groups is 1. The van der Waals surface area contributed by atoms with E-state index < -0.39 is 10.8 Å². The van der Waals surface area contributed by atoms with Crippen molar-refractivity contribution in [2.45, 2.75) is 0 Å². The molecule has 0 aliphatic rings. The molecule has 2 amide bonds. The lowest BCUT2D eigenvalue weighted by atomic mass is 10.1. The van der Waals surface area contributed by atoms with Crippen LogP contribution in [0, 0.1) is 10.1 Å². The van der Waals surface area contributed by atoms with Crippen molar-refractivity contribution in [3.05, 3.63) is 98.0 Å². The number of carbonyl (C=O) groups excluding carboxylic acids is 2. The van der Waals surface area contributed by atoms with Gasteiger partial charge in [0.05, 0.1) is 26.2 Å². The van der Waals surface area contributed by atoms with Crippen molar-refractivity contribution < 1.29 is 14.5 Å². The zero-order valence-corrected chi connectivity index (χ0v) is 16.2. The van der Waals surface area contributed by atoms with Gasteiger partial charge in [0, 0.05) is 23.4 Å². The van der Waals surface area contributed by atoms with Crippen molar-refractivity contribution in [2.75, 3.05) is 10.6 Å². The summed E-state index contributed by atoms with van der Waals surface area (Å²) in [6.45, 7) is 0.